The van der Waals surface area contributed by atoms with Gasteiger partial charge in [-0.1, -0.05) is 30.9 Å². The van der Waals surface area contributed by atoms with Gasteiger partial charge in [0.15, 0.2) is 0 Å². The molecule has 0 aliphatic heterocycles. The summed E-state index contributed by atoms with van der Waals surface area (Å²) in [7, 11) is 0. The lowest BCUT2D eigenvalue weighted by molar-refractivity contribution is 0.109. The number of rotatable bonds is 3. The van der Waals surface area contributed by atoms with E-state index in [1.165, 1.54) is 6.08 Å². The first-order valence-corrected chi connectivity index (χ1v) is 3.83. The fraction of sp³-hybridized carbons (Fsp3) is 0.100. The van der Waals surface area contributed by atoms with E-state index in [9.17, 15) is 4.79 Å². The Labute approximate surface area is 76.6 Å². The predicted molar refractivity (Wildman–Crippen MR) is 48.6 cm³/mol. The number of benzene rings is 1. The molecule has 0 saturated heterocycles. The monoisotopic (exact) mass is 178 g/mol. The highest BCUT2D eigenvalue weighted by Crippen LogP contribution is 2.08. The molecule has 0 bridgehead atoms. The van der Waals surface area contributed by atoms with Crippen LogP contribution in [0.15, 0.2) is 43.0 Å². The number of carbonyl (C=O) groups is 1. The van der Waals surface area contributed by atoms with Crippen molar-refractivity contribution in [2.24, 2.45) is 0 Å². The average Bonchev–Trinajstić information content (AvgIpc) is 2.16. The van der Waals surface area contributed by atoms with Gasteiger partial charge in [-0.25, -0.2) is 4.79 Å². The summed E-state index contributed by atoms with van der Waals surface area (Å²) in [5, 5.41) is 0. The van der Waals surface area contributed by atoms with Gasteiger partial charge in [0.2, 0.25) is 0 Å². The molecule has 0 aliphatic rings. The Kier molecular flexibility index (Phi) is 3.57. The van der Waals surface area contributed by atoms with Crippen molar-refractivity contribution in [2.45, 2.75) is 0 Å². The van der Waals surface area contributed by atoms with Gasteiger partial charge in [0.25, 0.3) is 0 Å². The molecule has 0 heterocycles. The lowest BCUT2D eigenvalue weighted by atomic mass is 10.3. The number of hydrogen-bond acceptors (Lipinski definition) is 3. The summed E-state index contributed by atoms with van der Waals surface area (Å²) in [4.78, 5) is 10.9. The zero-order valence-corrected chi connectivity index (χ0v) is 7.10. The molecule has 0 N–H and O–H groups in total. The maximum atomic E-state index is 10.9. The highest BCUT2D eigenvalue weighted by atomic mass is 16.7. The van der Waals surface area contributed by atoms with Gasteiger partial charge in [0, 0.05) is 0 Å². The molecule has 0 radical (unpaired) electrons. The fourth-order valence-electron chi connectivity index (χ4n) is 0.741. The first-order valence-electron chi connectivity index (χ1n) is 3.83. The smallest absolute Gasteiger partial charge is 0.430 e. The maximum absolute atomic E-state index is 10.9. The van der Waals surface area contributed by atoms with Gasteiger partial charge >= 0.3 is 6.16 Å². The predicted octanol–water partition coefficient (Wildman–Crippen LogP) is 2.39. The van der Waals surface area contributed by atoms with Crippen LogP contribution in [-0.2, 0) is 4.74 Å². The Hall–Kier alpha value is -1.77. The van der Waals surface area contributed by atoms with Crippen LogP contribution in [0.2, 0.25) is 0 Å². The van der Waals surface area contributed by atoms with E-state index in [4.69, 9.17) is 4.74 Å². The van der Waals surface area contributed by atoms with Crippen LogP contribution in [0, 0.1) is 0 Å². The van der Waals surface area contributed by atoms with E-state index in [0.717, 1.165) is 0 Å². The van der Waals surface area contributed by atoms with Crippen molar-refractivity contribution in [3.05, 3.63) is 43.0 Å². The van der Waals surface area contributed by atoms with Crippen LogP contribution in [0.1, 0.15) is 0 Å². The zero-order chi connectivity index (χ0) is 9.52. The molecule has 1 rings (SSSR count). The van der Waals surface area contributed by atoms with Gasteiger partial charge in [0.05, 0.1) is 0 Å². The maximum Gasteiger partial charge on any atom is 0.514 e. The van der Waals surface area contributed by atoms with Crippen LogP contribution < -0.4 is 4.74 Å². The standard InChI is InChI=1S/C10H10O3/c1-2-8-12-10(11)13-9-6-4-3-5-7-9/h2-7H,1,8H2. The van der Waals surface area contributed by atoms with E-state index < -0.39 is 6.16 Å². The first kappa shape index (κ1) is 9.32. The minimum absolute atomic E-state index is 0.158. The molecule has 0 spiro atoms. The van der Waals surface area contributed by atoms with Crippen molar-refractivity contribution in [3.8, 4) is 5.75 Å². The summed E-state index contributed by atoms with van der Waals surface area (Å²) in [5.74, 6) is 0.469. The molecule has 0 amide bonds. The molecule has 0 unspecified atom stereocenters. The van der Waals surface area contributed by atoms with Gasteiger partial charge in [-0.15, -0.1) is 0 Å². The summed E-state index contributed by atoms with van der Waals surface area (Å²) in [6.45, 7) is 3.57. The molecule has 1 aromatic carbocycles. The molecular formula is C10H10O3. The quantitative estimate of drug-likeness (QED) is 0.405. The summed E-state index contributed by atoms with van der Waals surface area (Å²) in [6, 6.07) is 8.73. The normalized spacial score (nSPS) is 8.92. The van der Waals surface area contributed by atoms with Crippen LogP contribution in [0.4, 0.5) is 4.79 Å². The Balaban J connectivity index is 2.41. The summed E-state index contributed by atoms with van der Waals surface area (Å²) in [6.07, 6.45) is 0.762. The van der Waals surface area contributed by atoms with Gasteiger partial charge in [-0.3, -0.25) is 0 Å². The number of carbonyl (C=O) groups excluding carboxylic acids is 1. The number of hydrogen-bond donors (Lipinski definition) is 0. The first-order chi connectivity index (χ1) is 6.33. The van der Waals surface area contributed by atoms with E-state index in [0.29, 0.717) is 5.75 Å². The molecule has 1 aromatic rings. The molecule has 0 fully saturated rings. The van der Waals surface area contributed by atoms with Crippen LogP contribution in [0.3, 0.4) is 0 Å². The summed E-state index contributed by atoms with van der Waals surface area (Å²) in [5.41, 5.74) is 0. The van der Waals surface area contributed by atoms with Crippen LogP contribution in [0.25, 0.3) is 0 Å². The third-order valence-corrected chi connectivity index (χ3v) is 1.26. The molecule has 3 nitrogen and oxygen atoms in total. The molecule has 3 heteroatoms. The van der Waals surface area contributed by atoms with Crippen LogP contribution >= 0.6 is 0 Å². The second kappa shape index (κ2) is 4.98. The van der Waals surface area contributed by atoms with Crippen molar-refractivity contribution in [1.82, 2.24) is 0 Å². The van der Waals surface area contributed by atoms with Crippen molar-refractivity contribution < 1.29 is 14.3 Å². The van der Waals surface area contributed by atoms with Crippen molar-refractivity contribution in [3.63, 3.8) is 0 Å². The molecule has 0 aromatic heterocycles. The number of para-hydroxylation sites is 1. The molecule has 13 heavy (non-hydrogen) atoms. The second-order valence-electron chi connectivity index (χ2n) is 2.26. The van der Waals surface area contributed by atoms with E-state index >= 15 is 0 Å². The number of ether oxygens (including phenoxy) is 2. The zero-order valence-electron chi connectivity index (χ0n) is 7.10. The summed E-state index contributed by atoms with van der Waals surface area (Å²) < 4.78 is 9.42. The molecular weight excluding hydrogens is 168 g/mol. The van der Waals surface area contributed by atoms with E-state index in [1.807, 2.05) is 6.07 Å². The van der Waals surface area contributed by atoms with Crippen molar-refractivity contribution in [2.75, 3.05) is 6.61 Å². The topological polar surface area (TPSA) is 35.5 Å². The van der Waals surface area contributed by atoms with Gasteiger partial charge in [-0.05, 0) is 12.1 Å². The Morgan fingerprint density at radius 2 is 2.08 bits per heavy atom. The van der Waals surface area contributed by atoms with Crippen LogP contribution in [0.5, 0.6) is 5.75 Å². The summed E-state index contributed by atoms with van der Waals surface area (Å²) >= 11 is 0. The van der Waals surface area contributed by atoms with Crippen molar-refractivity contribution in [1.29, 1.82) is 0 Å². The third-order valence-electron chi connectivity index (χ3n) is 1.26. The Morgan fingerprint density at radius 1 is 1.38 bits per heavy atom. The van der Waals surface area contributed by atoms with Crippen LogP contribution in [-0.4, -0.2) is 12.8 Å². The van der Waals surface area contributed by atoms with Gasteiger partial charge in [-0.2, -0.15) is 0 Å². The van der Waals surface area contributed by atoms with E-state index in [-0.39, 0.29) is 6.61 Å². The van der Waals surface area contributed by atoms with Crippen molar-refractivity contribution >= 4 is 6.16 Å². The van der Waals surface area contributed by atoms with Gasteiger partial charge < -0.3 is 9.47 Å². The molecule has 0 atom stereocenters. The highest BCUT2D eigenvalue weighted by molar-refractivity contribution is 5.63. The Bertz CT molecular complexity index is 279. The molecule has 0 aliphatic carbocycles. The minimum Gasteiger partial charge on any atom is -0.430 e. The third kappa shape index (κ3) is 3.42. The lowest BCUT2D eigenvalue weighted by Gasteiger charge is -2.02. The minimum atomic E-state index is -0.717. The lowest BCUT2D eigenvalue weighted by Crippen LogP contribution is -2.10. The van der Waals surface area contributed by atoms with E-state index in [1.54, 1.807) is 24.3 Å². The Morgan fingerprint density at radius 3 is 2.69 bits per heavy atom. The average molecular weight is 178 g/mol. The SMILES string of the molecule is C=CCOC(=O)Oc1ccccc1. The van der Waals surface area contributed by atoms with Gasteiger partial charge in [0.1, 0.15) is 12.4 Å². The molecule has 68 valence electrons. The fourth-order valence-corrected chi connectivity index (χ4v) is 0.741. The van der Waals surface area contributed by atoms with E-state index in [2.05, 4.69) is 11.3 Å². The highest BCUT2D eigenvalue weighted by Gasteiger charge is 2.02. The second-order valence-corrected chi connectivity index (χ2v) is 2.26. The largest absolute Gasteiger partial charge is 0.514 e. The molecule has 0 saturated carbocycles.